The zero-order chi connectivity index (χ0) is 12.6. The van der Waals surface area contributed by atoms with E-state index < -0.39 is 10.0 Å². The summed E-state index contributed by atoms with van der Waals surface area (Å²) in [5.74, 6) is -0.00599. The Labute approximate surface area is 98.0 Å². The number of sulfonamides is 1. The van der Waals surface area contributed by atoms with Crippen molar-refractivity contribution in [2.45, 2.75) is 46.1 Å². The summed E-state index contributed by atoms with van der Waals surface area (Å²) in [6, 6.07) is 0.139. The van der Waals surface area contributed by atoms with E-state index in [9.17, 15) is 13.2 Å². The lowest BCUT2D eigenvalue weighted by atomic mass is 10.2. The molecule has 0 aromatic heterocycles. The molecular weight excluding hydrogens is 228 g/mol. The average molecular weight is 250 g/mol. The van der Waals surface area contributed by atoms with Gasteiger partial charge >= 0.3 is 0 Å². The molecule has 0 spiro atoms. The molecular formula is C10H22N2O3S. The van der Waals surface area contributed by atoms with E-state index in [1.165, 1.54) is 0 Å². The number of carbonyl (C=O) groups excluding carboxylic acids is 1. The standard InChI is InChI=1S/C10H22N2O3S/c1-4-8-16(14,15)11-7-6-10(13)12-9(3)5-2/h9,11H,4-8H2,1-3H3,(H,12,13). The first-order chi connectivity index (χ1) is 7.41. The summed E-state index contributed by atoms with van der Waals surface area (Å²) in [5, 5.41) is 2.77. The van der Waals surface area contributed by atoms with Gasteiger partial charge in [0.05, 0.1) is 5.75 Å². The highest BCUT2D eigenvalue weighted by Crippen LogP contribution is 1.91. The lowest BCUT2D eigenvalue weighted by molar-refractivity contribution is -0.121. The van der Waals surface area contributed by atoms with Crippen LogP contribution in [0.1, 0.15) is 40.0 Å². The van der Waals surface area contributed by atoms with Gasteiger partial charge in [0.15, 0.2) is 0 Å². The van der Waals surface area contributed by atoms with Crippen molar-refractivity contribution >= 4 is 15.9 Å². The second-order valence-corrected chi connectivity index (χ2v) is 5.77. The number of amides is 1. The molecule has 1 atom stereocenters. The Morgan fingerprint density at radius 2 is 1.94 bits per heavy atom. The lowest BCUT2D eigenvalue weighted by Crippen LogP contribution is -2.35. The molecule has 16 heavy (non-hydrogen) atoms. The van der Waals surface area contributed by atoms with Crippen molar-refractivity contribution in [3.63, 3.8) is 0 Å². The van der Waals surface area contributed by atoms with Gasteiger partial charge in [-0.2, -0.15) is 0 Å². The molecule has 96 valence electrons. The molecule has 1 unspecified atom stereocenters. The highest BCUT2D eigenvalue weighted by Gasteiger charge is 2.10. The second-order valence-electron chi connectivity index (χ2n) is 3.84. The predicted octanol–water partition coefficient (Wildman–Crippen LogP) is 0.621. The molecule has 0 rings (SSSR count). The molecule has 0 saturated heterocycles. The van der Waals surface area contributed by atoms with Gasteiger partial charge in [0, 0.05) is 19.0 Å². The van der Waals surface area contributed by atoms with Crippen LogP contribution in [0.5, 0.6) is 0 Å². The van der Waals surface area contributed by atoms with E-state index in [1.807, 2.05) is 13.8 Å². The zero-order valence-electron chi connectivity index (χ0n) is 10.2. The van der Waals surface area contributed by atoms with Crippen LogP contribution in [-0.2, 0) is 14.8 Å². The Hall–Kier alpha value is -0.620. The third kappa shape index (κ3) is 7.64. The number of rotatable bonds is 8. The molecule has 5 nitrogen and oxygen atoms in total. The topological polar surface area (TPSA) is 75.3 Å². The van der Waals surface area contributed by atoms with Crippen molar-refractivity contribution < 1.29 is 13.2 Å². The van der Waals surface area contributed by atoms with Gasteiger partial charge in [0.2, 0.25) is 15.9 Å². The minimum Gasteiger partial charge on any atom is -0.354 e. The fourth-order valence-corrected chi connectivity index (χ4v) is 2.20. The monoisotopic (exact) mass is 250 g/mol. The first-order valence-electron chi connectivity index (χ1n) is 5.68. The van der Waals surface area contributed by atoms with Crippen LogP contribution in [0.15, 0.2) is 0 Å². The van der Waals surface area contributed by atoms with Crippen LogP contribution in [0.4, 0.5) is 0 Å². The third-order valence-electron chi connectivity index (χ3n) is 2.17. The third-order valence-corrected chi connectivity index (χ3v) is 3.76. The first kappa shape index (κ1) is 15.4. The van der Waals surface area contributed by atoms with Gasteiger partial charge in [-0.05, 0) is 19.8 Å². The number of nitrogens with one attached hydrogen (secondary N) is 2. The Kier molecular flexibility index (Phi) is 7.33. The van der Waals surface area contributed by atoms with Crippen molar-refractivity contribution in [1.29, 1.82) is 0 Å². The Morgan fingerprint density at radius 1 is 1.31 bits per heavy atom. The number of hydrogen-bond acceptors (Lipinski definition) is 3. The van der Waals surface area contributed by atoms with Crippen molar-refractivity contribution in [3.05, 3.63) is 0 Å². The molecule has 6 heteroatoms. The lowest BCUT2D eigenvalue weighted by Gasteiger charge is -2.11. The van der Waals surface area contributed by atoms with Crippen molar-refractivity contribution in [2.24, 2.45) is 0 Å². The predicted molar refractivity (Wildman–Crippen MR) is 64.6 cm³/mol. The van der Waals surface area contributed by atoms with Gasteiger partial charge in [-0.3, -0.25) is 4.79 Å². The minimum atomic E-state index is -3.19. The minimum absolute atomic E-state index is 0.111. The van der Waals surface area contributed by atoms with Crippen molar-refractivity contribution in [3.8, 4) is 0 Å². The van der Waals surface area contributed by atoms with Gasteiger partial charge in [-0.1, -0.05) is 13.8 Å². The molecule has 0 aliphatic rings. The van der Waals surface area contributed by atoms with Gasteiger partial charge in [-0.25, -0.2) is 13.1 Å². The smallest absolute Gasteiger partial charge is 0.221 e. The fourth-order valence-electron chi connectivity index (χ4n) is 1.11. The van der Waals surface area contributed by atoms with Crippen LogP contribution in [0.2, 0.25) is 0 Å². The molecule has 0 aliphatic heterocycles. The quantitative estimate of drug-likeness (QED) is 0.663. The molecule has 0 aromatic rings. The normalized spacial score (nSPS) is 13.4. The molecule has 0 bridgehead atoms. The molecule has 2 N–H and O–H groups in total. The SMILES string of the molecule is CCCS(=O)(=O)NCCC(=O)NC(C)CC. The van der Waals surface area contributed by atoms with Crippen LogP contribution in [0.3, 0.4) is 0 Å². The fraction of sp³-hybridized carbons (Fsp3) is 0.900. The molecule has 0 fully saturated rings. The maximum Gasteiger partial charge on any atom is 0.221 e. The number of hydrogen-bond donors (Lipinski definition) is 2. The highest BCUT2D eigenvalue weighted by atomic mass is 32.2. The molecule has 0 saturated carbocycles. The van der Waals surface area contributed by atoms with E-state index in [1.54, 1.807) is 6.92 Å². The van der Waals surface area contributed by atoms with E-state index in [2.05, 4.69) is 10.0 Å². The summed E-state index contributed by atoms with van der Waals surface area (Å²) in [6.07, 6.45) is 1.63. The first-order valence-corrected chi connectivity index (χ1v) is 7.33. The van der Waals surface area contributed by atoms with Gasteiger partial charge in [-0.15, -0.1) is 0 Å². The summed E-state index contributed by atoms with van der Waals surface area (Å²) < 4.78 is 24.9. The van der Waals surface area contributed by atoms with Crippen LogP contribution >= 0.6 is 0 Å². The van der Waals surface area contributed by atoms with Crippen LogP contribution < -0.4 is 10.0 Å². The highest BCUT2D eigenvalue weighted by molar-refractivity contribution is 7.89. The maximum absolute atomic E-state index is 11.3. The summed E-state index contributed by atoms with van der Waals surface area (Å²) in [7, 11) is -3.19. The van der Waals surface area contributed by atoms with E-state index >= 15 is 0 Å². The Bertz CT molecular complexity index is 301. The molecule has 0 aliphatic carbocycles. The van der Waals surface area contributed by atoms with Gasteiger partial charge < -0.3 is 5.32 Å². The summed E-state index contributed by atoms with van der Waals surface area (Å²) >= 11 is 0. The number of carbonyl (C=O) groups is 1. The molecule has 1 amide bonds. The molecule has 0 radical (unpaired) electrons. The Balaban J connectivity index is 3.78. The average Bonchev–Trinajstić information content (AvgIpc) is 2.16. The largest absolute Gasteiger partial charge is 0.354 e. The summed E-state index contributed by atoms with van der Waals surface area (Å²) in [5.41, 5.74) is 0. The van der Waals surface area contributed by atoms with E-state index in [-0.39, 0.29) is 30.7 Å². The summed E-state index contributed by atoms with van der Waals surface area (Å²) in [4.78, 5) is 11.3. The van der Waals surface area contributed by atoms with Crippen molar-refractivity contribution in [2.75, 3.05) is 12.3 Å². The van der Waals surface area contributed by atoms with Crippen molar-refractivity contribution in [1.82, 2.24) is 10.0 Å². The second kappa shape index (κ2) is 7.62. The molecule has 0 aromatic carbocycles. The van der Waals surface area contributed by atoms with Crippen LogP contribution in [0, 0.1) is 0 Å². The summed E-state index contributed by atoms with van der Waals surface area (Å²) in [6.45, 7) is 5.87. The van der Waals surface area contributed by atoms with Crippen LogP contribution in [-0.4, -0.2) is 32.7 Å². The zero-order valence-corrected chi connectivity index (χ0v) is 11.1. The molecule has 0 heterocycles. The van der Waals surface area contributed by atoms with Crippen LogP contribution in [0.25, 0.3) is 0 Å². The van der Waals surface area contributed by atoms with E-state index in [4.69, 9.17) is 0 Å². The van der Waals surface area contributed by atoms with E-state index in [0.29, 0.717) is 6.42 Å². The Morgan fingerprint density at radius 3 is 2.44 bits per heavy atom. The maximum atomic E-state index is 11.3. The van der Waals surface area contributed by atoms with Gasteiger partial charge in [0.25, 0.3) is 0 Å². The van der Waals surface area contributed by atoms with Gasteiger partial charge in [0.1, 0.15) is 0 Å². The van der Waals surface area contributed by atoms with E-state index in [0.717, 1.165) is 6.42 Å².